The second kappa shape index (κ2) is 4.77. The summed E-state index contributed by atoms with van der Waals surface area (Å²) in [6.07, 6.45) is 11.4. The number of nitrogens with two attached hydrogens (primary N) is 1. The van der Waals surface area contributed by atoms with Gasteiger partial charge >= 0.3 is 0 Å². The van der Waals surface area contributed by atoms with Gasteiger partial charge in [-0.1, -0.05) is 12.2 Å². The molecule has 3 N–H and O–H groups in total. The normalized spacial score (nSPS) is 20.1. The van der Waals surface area contributed by atoms with Gasteiger partial charge in [0.05, 0.1) is 12.4 Å². The highest BCUT2D eigenvalue weighted by Gasteiger charge is 2.09. The van der Waals surface area contributed by atoms with Crippen LogP contribution in [-0.2, 0) is 0 Å². The molecule has 1 aliphatic carbocycles. The van der Waals surface area contributed by atoms with Gasteiger partial charge in [0.1, 0.15) is 11.6 Å². The third-order valence-corrected chi connectivity index (χ3v) is 2.62. The van der Waals surface area contributed by atoms with Gasteiger partial charge < -0.3 is 11.1 Å². The summed E-state index contributed by atoms with van der Waals surface area (Å²) in [5.74, 6) is 1.98. The van der Waals surface area contributed by atoms with E-state index in [0.29, 0.717) is 11.7 Å². The minimum atomic E-state index is 0.459. The Kier molecular flexibility index (Phi) is 3.17. The van der Waals surface area contributed by atoms with Crippen molar-refractivity contribution in [2.45, 2.75) is 19.3 Å². The Hall–Kier alpha value is -1.58. The van der Waals surface area contributed by atoms with Gasteiger partial charge in [-0.3, -0.25) is 0 Å². The van der Waals surface area contributed by atoms with Crippen LogP contribution in [0.1, 0.15) is 19.3 Å². The molecule has 0 saturated heterocycles. The molecule has 1 aromatic rings. The molecule has 1 heterocycles. The molecule has 0 spiro atoms. The van der Waals surface area contributed by atoms with E-state index in [2.05, 4.69) is 27.4 Å². The summed E-state index contributed by atoms with van der Waals surface area (Å²) in [6, 6.07) is 0. The Bertz CT molecular complexity index is 331. The van der Waals surface area contributed by atoms with Gasteiger partial charge in [-0.05, 0) is 25.2 Å². The molecule has 0 saturated carbocycles. The Morgan fingerprint density at radius 2 is 2.27 bits per heavy atom. The lowest BCUT2D eigenvalue weighted by Gasteiger charge is -2.18. The highest BCUT2D eigenvalue weighted by Crippen LogP contribution is 2.18. The molecule has 0 radical (unpaired) electrons. The van der Waals surface area contributed by atoms with Crippen LogP contribution in [0.2, 0.25) is 0 Å². The van der Waals surface area contributed by atoms with E-state index in [1.807, 2.05) is 0 Å². The summed E-state index contributed by atoms with van der Waals surface area (Å²) >= 11 is 0. The van der Waals surface area contributed by atoms with Crippen LogP contribution in [0.25, 0.3) is 0 Å². The second-order valence-corrected chi connectivity index (χ2v) is 3.86. The Morgan fingerprint density at radius 3 is 2.93 bits per heavy atom. The zero-order valence-electron chi connectivity index (χ0n) is 8.69. The SMILES string of the molecule is Nc1cnc(NCC2CC=CCC2)cn1. The molecule has 1 atom stereocenters. The number of nitrogens with zero attached hydrogens (tertiary/aromatic N) is 2. The molecule has 4 nitrogen and oxygen atoms in total. The minimum absolute atomic E-state index is 0.459. The van der Waals surface area contributed by atoms with Crippen molar-refractivity contribution in [3.63, 3.8) is 0 Å². The van der Waals surface area contributed by atoms with E-state index in [0.717, 1.165) is 18.8 Å². The monoisotopic (exact) mass is 204 g/mol. The summed E-state index contributed by atoms with van der Waals surface area (Å²) in [5, 5.41) is 3.28. The molecule has 4 heteroatoms. The number of aromatic nitrogens is 2. The number of nitrogen functional groups attached to an aromatic ring is 1. The number of hydrogen-bond donors (Lipinski definition) is 2. The third kappa shape index (κ3) is 2.94. The van der Waals surface area contributed by atoms with E-state index >= 15 is 0 Å². The fraction of sp³-hybridized carbons (Fsp3) is 0.455. The Labute approximate surface area is 89.6 Å². The first-order chi connectivity index (χ1) is 7.34. The summed E-state index contributed by atoms with van der Waals surface area (Å²) in [6.45, 7) is 0.961. The lowest BCUT2D eigenvalue weighted by atomic mass is 9.94. The van der Waals surface area contributed by atoms with Crippen LogP contribution in [0, 0.1) is 5.92 Å². The molecule has 1 aliphatic rings. The predicted octanol–water partition coefficient (Wildman–Crippen LogP) is 1.83. The maximum absolute atomic E-state index is 5.46. The zero-order chi connectivity index (χ0) is 10.5. The summed E-state index contributed by atoms with van der Waals surface area (Å²) < 4.78 is 0. The smallest absolute Gasteiger partial charge is 0.144 e. The maximum atomic E-state index is 5.46. The average Bonchev–Trinajstić information content (AvgIpc) is 2.30. The summed E-state index contributed by atoms with van der Waals surface area (Å²) in [5.41, 5.74) is 5.46. The average molecular weight is 204 g/mol. The topological polar surface area (TPSA) is 63.8 Å². The number of allylic oxidation sites excluding steroid dienone is 2. The van der Waals surface area contributed by atoms with Gasteiger partial charge in [-0.25, -0.2) is 9.97 Å². The van der Waals surface area contributed by atoms with E-state index in [1.165, 1.54) is 12.8 Å². The van der Waals surface area contributed by atoms with Crippen molar-refractivity contribution in [1.82, 2.24) is 9.97 Å². The fourth-order valence-electron chi connectivity index (χ4n) is 1.72. The summed E-state index contributed by atoms with van der Waals surface area (Å²) in [7, 11) is 0. The van der Waals surface area contributed by atoms with Crippen molar-refractivity contribution >= 4 is 11.6 Å². The van der Waals surface area contributed by atoms with Crippen molar-refractivity contribution in [1.29, 1.82) is 0 Å². The van der Waals surface area contributed by atoms with E-state index in [-0.39, 0.29) is 0 Å². The van der Waals surface area contributed by atoms with Gasteiger partial charge in [0.25, 0.3) is 0 Å². The lowest BCUT2D eigenvalue weighted by molar-refractivity contribution is 0.503. The van der Waals surface area contributed by atoms with Crippen molar-refractivity contribution < 1.29 is 0 Å². The van der Waals surface area contributed by atoms with E-state index < -0.39 is 0 Å². The first kappa shape index (κ1) is 9.96. The third-order valence-electron chi connectivity index (χ3n) is 2.62. The van der Waals surface area contributed by atoms with Gasteiger partial charge in [0.2, 0.25) is 0 Å². The van der Waals surface area contributed by atoms with Crippen LogP contribution in [0.5, 0.6) is 0 Å². The van der Waals surface area contributed by atoms with Crippen LogP contribution in [0.3, 0.4) is 0 Å². The number of rotatable bonds is 3. The molecule has 15 heavy (non-hydrogen) atoms. The van der Waals surface area contributed by atoms with E-state index in [1.54, 1.807) is 12.4 Å². The number of nitrogens with one attached hydrogen (secondary N) is 1. The van der Waals surface area contributed by atoms with Gasteiger partial charge in [-0.2, -0.15) is 0 Å². The van der Waals surface area contributed by atoms with Crippen LogP contribution in [-0.4, -0.2) is 16.5 Å². The first-order valence-electron chi connectivity index (χ1n) is 5.31. The maximum Gasteiger partial charge on any atom is 0.144 e. The van der Waals surface area contributed by atoms with Crippen LogP contribution < -0.4 is 11.1 Å². The molecule has 0 amide bonds. The van der Waals surface area contributed by atoms with Crippen molar-refractivity contribution in [3.8, 4) is 0 Å². The minimum Gasteiger partial charge on any atom is -0.382 e. The zero-order valence-corrected chi connectivity index (χ0v) is 8.69. The van der Waals surface area contributed by atoms with Gasteiger partial charge in [-0.15, -0.1) is 0 Å². The predicted molar refractivity (Wildman–Crippen MR) is 61.4 cm³/mol. The Morgan fingerprint density at radius 1 is 1.33 bits per heavy atom. The molecule has 2 rings (SSSR count). The largest absolute Gasteiger partial charge is 0.382 e. The molecule has 0 bridgehead atoms. The quantitative estimate of drug-likeness (QED) is 0.737. The summed E-state index contributed by atoms with van der Waals surface area (Å²) in [4.78, 5) is 8.13. The van der Waals surface area contributed by atoms with Gasteiger partial charge in [0.15, 0.2) is 0 Å². The van der Waals surface area contributed by atoms with Crippen LogP contribution in [0.4, 0.5) is 11.6 Å². The Balaban J connectivity index is 1.82. The highest BCUT2D eigenvalue weighted by molar-refractivity contribution is 5.35. The molecular formula is C11H16N4. The molecule has 0 aliphatic heterocycles. The molecule has 0 aromatic carbocycles. The van der Waals surface area contributed by atoms with Gasteiger partial charge in [0, 0.05) is 6.54 Å². The van der Waals surface area contributed by atoms with Crippen LogP contribution >= 0.6 is 0 Å². The van der Waals surface area contributed by atoms with E-state index in [4.69, 9.17) is 5.73 Å². The number of hydrogen-bond acceptors (Lipinski definition) is 4. The number of anilines is 2. The second-order valence-electron chi connectivity index (χ2n) is 3.86. The van der Waals surface area contributed by atoms with Crippen molar-refractivity contribution in [3.05, 3.63) is 24.5 Å². The first-order valence-corrected chi connectivity index (χ1v) is 5.31. The highest BCUT2D eigenvalue weighted by atomic mass is 15.0. The van der Waals surface area contributed by atoms with Crippen LogP contribution in [0.15, 0.2) is 24.5 Å². The van der Waals surface area contributed by atoms with Crippen molar-refractivity contribution in [2.75, 3.05) is 17.6 Å². The molecular weight excluding hydrogens is 188 g/mol. The molecule has 1 aromatic heterocycles. The fourth-order valence-corrected chi connectivity index (χ4v) is 1.72. The molecule has 1 unspecified atom stereocenters. The van der Waals surface area contributed by atoms with Crippen molar-refractivity contribution in [2.24, 2.45) is 5.92 Å². The van der Waals surface area contributed by atoms with E-state index in [9.17, 15) is 0 Å². The standard InChI is InChI=1S/C11H16N4/c12-10-7-15-11(8-13-10)14-6-9-4-2-1-3-5-9/h1-2,7-9H,3-6H2,(H2,12,13)(H,14,15). The molecule has 80 valence electrons. The lowest BCUT2D eigenvalue weighted by Crippen LogP contribution is -2.16. The molecule has 0 fully saturated rings.